The first-order valence-corrected chi connectivity index (χ1v) is 9.11. The van der Waals surface area contributed by atoms with Crippen LogP contribution in [0.5, 0.6) is 0 Å². The van der Waals surface area contributed by atoms with Crippen LogP contribution in [0.25, 0.3) is 34.2 Å². The Kier molecular flexibility index (Phi) is 4.71. The third-order valence-electron chi connectivity index (χ3n) is 3.89. The van der Waals surface area contributed by atoms with Crippen molar-refractivity contribution in [2.75, 3.05) is 0 Å². The lowest BCUT2D eigenvalue weighted by molar-refractivity contribution is 0.621. The Balaban J connectivity index is 1.95. The van der Waals surface area contributed by atoms with Gasteiger partial charge in [0, 0.05) is 16.7 Å². The lowest BCUT2D eigenvalue weighted by atomic mass is 10.1. The monoisotopic (exact) mass is 453 g/mol. The number of rotatable bonds is 3. The molecule has 0 aliphatic heterocycles. The fourth-order valence-electron chi connectivity index (χ4n) is 2.61. The predicted molar refractivity (Wildman–Crippen MR) is 109 cm³/mol. The number of hydrogen-bond acceptors (Lipinski definition) is 3. The van der Waals surface area contributed by atoms with E-state index in [0.29, 0.717) is 26.6 Å². The molecule has 0 fully saturated rings. The summed E-state index contributed by atoms with van der Waals surface area (Å²) in [5.74, 6) is 1.30. The van der Waals surface area contributed by atoms with Crippen LogP contribution in [0, 0.1) is 9.39 Å². The molecule has 0 N–H and O–H groups in total. The molecular weight excluding hydrogens is 440 g/mol. The summed E-state index contributed by atoms with van der Waals surface area (Å²) in [6, 6.07) is 24.4. The molecule has 0 amide bonds. The quantitative estimate of drug-likeness (QED) is 0.379. The minimum Gasteiger partial charge on any atom is -0.208 e. The Bertz CT molecular complexity index is 996. The minimum atomic E-state index is -0.286. The molecule has 126 valence electrons. The fourth-order valence-corrected chi connectivity index (χ4v) is 3.21. The van der Waals surface area contributed by atoms with E-state index in [1.54, 1.807) is 6.07 Å². The van der Waals surface area contributed by atoms with Crippen molar-refractivity contribution < 1.29 is 4.39 Å². The van der Waals surface area contributed by atoms with Crippen LogP contribution >= 0.6 is 22.6 Å². The SMILES string of the molecule is Fc1cccc(-c2nc(-c3ccccc3)nc(-c3ccccc3)n2)c1I. The summed E-state index contributed by atoms with van der Waals surface area (Å²) in [5, 5.41) is 0. The first-order chi connectivity index (χ1) is 12.7. The van der Waals surface area contributed by atoms with Crippen LogP contribution in [0.2, 0.25) is 0 Å². The highest BCUT2D eigenvalue weighted by molar-refractivity contribution is 14.1. The normalized spacial score (nSPS) is 10.7. The fraction of sp³-hybridized carbons (Fsp3) is 0. The molecule has 0 saturated carbocycles. The van der Waals surface area contributed by atoms with Gasteiger partial charge >= 0.3 is 0 Å². The number of aromatic nitrogens is 3. The van der Waals surface area contributed by atoms with Crippen molar-refractivity contribution in [3.8, 4) is 34.2 Å². The van der Waals surface area contributed by atoms with Gasteiger partial charge in [0.1, 0.15) is 5.82 Å². The van der Waals surface area contributed by atoms with Gasteiger partial charge in [0.2, 0.25) is 0 Å². The van der Waals surface area contributed by atoms with Crippen LogP contribution in [0.4, 0.5) is 4.39 Å². The van der Waals surface area contributed by atoms with E-state index in [9.17, 15) is 4.39 Å². The van der Waals surface area contributed by atoms with Gasteiger partial charge in [-0.1, -0.05) is 66.7 Å². The second-order valence-electron chi connectivity index (χ2n) is 5.64. The van der Waals surface area contributed by atoms with E-state index in [1.807, 2.05) is 89.3 Å². The molecule has 4 rings (SSSR count). The molecule has 0 aliphatic rings. The highest BCUT2D eigenvalue weighted by Gasteiger charge is 2.15. The number of hydrogen-bond donors (Lipinski definition) is 0. The highest BCUT2D eigenvalue weighted by atomic mass is 127. The summed E-state index contributed by atoms with van der Waals surface area (Å²) >= 11 is 1.99. The second kappa shape index (κ2) is 7.29. The van der Waals surface area contributed by atoms with Crippen LogP contribution in [-0.2, 0) is 0 Å². The average Bonchev–Trinajstić information content (AvgIpc) is 2.71. The topological polar surface area (TPSA) is 38.7 Å². The van der Waals surface area contributed by atoms with Gasteiger partial charge in [0.05, 0.1) is 3.57 Å². The van der Waals surface area contributed by atoms with E-state index in [2.05, 4.69) is 15.0 Å². The van der Waals surface area contributed by atoms with E-state index in [1.165, 1.54) is 6.07 Å². The smallest absolute Gasteiger partial charge is 0.165 e. The van der Waals surface area contributed by atoms with Crippen LogP contribution < -0.4 is 0 Å². The molecule has 0 aliphatic carbocycles. The Hall–Kier alpha value is -2.67. The van der Waals surface area contributed by atoms with E-state index in [-0.39, 0.29) is 5.82 Å². The molecule has 0 unspecified atom stereocenters. The summed E-state index contributed by atoms with van der Waals surface area (Å²) in [5.41, 5.74) is 2.43. The van der Waals surface area contributed by atoms with Gasteiger partial charge in [-0.2, -0.15) is 0 Å². The molecule has 0 spiro atoms. The Labute approximate surface area is 164 Å². The van der Waals surface area contributed by atoms with Gasteiger partial charge < -0.3 is 0 Å². The van der Waals surface area contributed by atoms with E-state index < -0.39 is 0 Å². The zero-order chi connectivity index (χ0) is 17.9. The molecule has 0 radical (unpaired) electrons. The zero-order valence-electron chi connectivity index (χ0n) is 13.6. The summed E-state index contributed by atoms with van der Waals surface area (Å²) in [6.45, 7) is 0. The lowest BCUT2D eigenvalue weighted by Gasteiger charge is -2.09. The van der Waals surface area contributed by atoms with Gasteiger partial charge in [0.25, 0.3) is 0 Å². The summed E-state index contributed by atoms with van der Waals surface area (Å²) < 4.78 is 14.5. The minimum absolute atomic E-state index is 0.286. The van der Waals surface area contributed by atoms with Crippen LogP contribution in [0.1, 0.15) is 0 Å². The van der Waals surface area contributed by atoms with Crippen LogP contribution in [0.15, 0.2) is 78.9 Å². The molecule has 0 atom stereocenters. The highest BCUT2D eigenvalue weighted by Crippen LogP contribution is 2.28. The average molecular weight is 453 g/mol. The van der Waals surface area contributed by atoms with Gasteiger partial charge in [-0.25, -0.2) is 19.3 Å². The molecule has 1 heterocycles. The maximum absolute atomic E-state index is 14.0. The molecule has 26 heavy (non-hydrogen) atoms. The van der Waals surface area contributed by atoms with Gasteiger partial charge in [0.15, 0.2) is 17.5 Å². The van der Waals surface area contributed by atoms with Crippen molar-refractivity contribution in [1.29, 1.82) is 0 Å². The molecule has 0 saturated heterocycles. The van der Waals surface area contributed by atoms with Crippen molar-refractivity contribution >= 4 is 22.6 Å². The van der Waals surface area contributed by atoms with Crippen molar-refractivity contribution in [1.82, 2.24) is 15.0 Å². The summed E-state index contributed by atoms with van der Waals surface area (Å²) in [6.07, 6.45) is 0. The number of benzene rings is 3. The maximum atomic E-state index is 14.0. The lowest BCUT2D eigenvalue weighted by Crippen LogP contribution is -2.01. The Morgan fingerprint density at radius 1 is 0.577 bits per heavy atom. The van der Waals surface area contributed by atoms with Gasteiger partial charge in [-0.05, 0) is 34.7 Å². The van der Waals surface area contributed by atoms with Gasteiger partial charge in [-0.15, -0.1) is 0 Å². The predicted octanol–water partition coefficient (Wildman–Crippen LogP) is 5.62. The zero-order valence-corrected chi connectivity index (χ0v) is 15.8. The van der Waals surface area contributed by atoms with Crippen LogP contribution in [-0.4, -0.2) is 15.0 Å². The van der Waals surface area contributed by atoms with E-state index in [0.717, 1.165) is 11.1 Å². The van der Waals surface area contributed by atoms with E-state index >= 15 is 0 Å². The third-order valence-corrected chi connectivity index (χ3v) is 4.99. The summed E-state index contributed by atoms with van der Waals surface area (Å²) in [4.78, 5) is 13.8. The van der Waals surface area contributed by atoms with Crippen molar-refractivity contribution in [3.05, 3.63) is 88.3 Å². The second-order valence-corrected chi connectivity index (χ2v) is 6.72. The van der Waals surface area contributed by atoms with E-state index in [4.69, 9.17) is 0 Å². The molecule has 5 heteroatoms. The first-order valence-electron chi connectivity index (χ1n) is 8.03. The third kappa shape index (κ3) is 3.35. The first kappa shape index (κ1) is 16.8. The van der Waals surface area contributed by atoms with Gasteiger partial charge in [-0.3, -0.25) is 0 Å². The largest absolute Gasteiger partial charge is 0.208 e. The molecule has 0 bridgehead atoms. The van der Waals surface area contributed by atoms with Crippen LogP contribution in [0.3, 0.4) is 0 Å². The molecular formula is C21H13FIN3. The van der Waals surface area contributed by atoms with Crippen molar-refractivity contribution in [2.45, 2.75) is 0 Å². The summed E-state index contributed by atoms with van der Waals surface area (Å²) in [7, 11) is 0. The molecule has 4 aromatic rings. The molecule has 3 aromatic carbocycles. The molecule has 1 aromatic heterocycles. The number of nitrogens with zero attached hydrogens (tertiary/aromatic N) is 3. The number of halogens is 2. The van der Waals surface area contributed by atoms with Crippen molar-refractivity contribution in [3.63, 3.8) is 0 Å². The Morgan fingerprint density at radius 2 is 1.08 bits per heavy atom. The molecule has 3 nitrogen and oxygen atoms in total. The Morgan fingerprint density at radius 3 is 1.62 bits per heavy atom. The maximum Gasteiger partial charge on any atom is 0.165 e. The van der Waals surface area contributed by atoms with Crippen molar-refractivity contribution in [2.24, 2.45) is 0 Å². The standard InChI is InChI=1S/C21H13FIN3/c22-17-13-7-12-16(18(17)23)21-25-19(14-8-3-1-4-9-14)24-20(26-21)15-10-5-2-6-11-15/h1-13H.